The van der Waals surface area contributed by atoms with Crippen molar-refractivity contribution in [3.05, 3.63) is 33.6 Å². The Morgan fingerprint density at radius 1 is 1.21 bits per heavy atom. The zero-order chi connectivity index (χ0) is 19.5. The summed E-state index contributed by atoms with van der Waals surface area (Å²) >= 11 is 13.8. The topological polar surface area (TPSA) is 51.7 Å². The van der Waals surface area contributed by atoms with Crippen LogP contribution in [0.25, 0.3) is 11.3 Å². The molecule has 1 aromatic carbocycles. The van der Waals surface area contributed by atoms with Crippen molar-refractivity contribution in [2.75, 3.05) is 31.3 Å². The molecule has 1 unspecified atom stereocenters. The third kappa shape index (κ3) is 4.52. The number of anilines is 1. The second-order valence-electron chi connectivity index (χ2n) is 7.11. The van der Waals surface area contributed by atoms with Crippen molar-refractivity contribution in [2.45, 2.75) is 31.8 Å². The number of hydrogen-bond acceptors (Lipinski definition) is 5. The van der Waals surface area contributed by atoms with E-state index in [1.165, 1.54) is 11.3 Å². The maximum Gasteiger partial charge on any atom is 0.232 e. The highest BCUT2D eigenvalue weighted by atomic mass is 35.5. The number of amides is 1. The van der Waals surface area contributed by atoms with Crippen LogP contribution in [-0.2, 0) is 14.3 Å². The maximum atomic E-state index is 13.3. The minimum absolute atomic E-state index is 0.0263. The van der Waals surface area contributed by atoms with Gasteiger partial charge in [-0.05, 0) is 43.9 Å². The van der Waals surface area contributed by atoms with E-state index in [-0.39, 0.29) is 17.9 Å². The highest BCUT2D eigenvalue weighted by Crippen LogP contribution is 2.35. The zero-order valence-corrected chi connectivity index (χ0v) is 17.7. The zero-order valence-electron chi connectivity index (χ0n) is 15.4. The summed E-state index contributed by atoms with van der Waals surface area (Å²) in [6, 6.07) is 5.35. The van der Waals surface area contributed by atoms with Crippen LogP contribution in [0.1, 0.15) is 25.7 Å². The molecule has 0 saturated carbocycles. The molecule has 2 saturated heterocycles. The SMILES string of the molecule is O=C(C1CCOCC1)N(CC1CCCO1)c1nc(-c2ccc(Cl)cc2Cl)cs1. The van der Waals surface area contributed by atoms with Gasteiger partial charge in [-0.2, -0.15) is 0 Å². The van der Waals surface area contributed by atoms with E-state index in [1.54, 1.807) is 12.1 Å². The number of ether oxygens (including phenoxy) is 2. The average molecular weight is 441 g/mol. The van der Waals surface area contributed by atoms with E-state index < -0.39 is 0 Å². The molecule has 5 nitrogen and oxygen atoms in total. The van der Waals surface area contributed by atoms with Crippen LogP contribution in [0.5, 0.6) is 0 Å². The van der Waals surface area contributed by atoms with E-state index in [0.717, 1.165) is 43.5 Å². The molecule has 2 aromatic rings. The molecule has 4 rings (SSSR count). The number of carbonyl (C=O) groups is 1. The van der Waals surface area contributed by atoms with E-state index >= 15 is 0 Å². The van der Waals surface area contributed by atoms with Gasteiger partial charge in [-0.3, -0.25) is 9.69 Å². The maximum absolute atomic E-state index is 13.3. The van der Waals surface area contributed by atoms with Crippen LogP contribution in [0, 0.1) is 5.92 Å². The first-order valence-electron chi connectivity index (χ1n) is 9.53. The second kappa shape index (κ2) is 9.09. The molecule has 1 atom stereocenters. The smallest absolute Gasteiger partial charge is 0.232 e. The number of aromatic nitrogens is 1. The quantitative estimate of drug-likeness (QED) is 0.651. The average Bonchev–Trinajstić information content (AvgIpc) is 3.38. The third-order valence-corrected chi connectivity index (χ3v) is 6.59. The largest absolute Gasteiger partial charge is 0.381 e. The Labute approximate surface area is 178 Å². The first-order chi connectivity index (χ1) is 13.6. The van der Waals surface area contributed by atoms with Crippen LogP contribution in [0.4, 0.5) is 5.13 Å². The highest BCUT2D eigenvalue weighted by molar-refractivity contribution is 7.14. The lowest BCUT2D eigenvalue weighted by Gasteiger charge is -2.29. The van der Waals surface area contributed by atoms with Gasteiger partial charge in [-0.15, -0.1) is 11.3 Å². The van der Waals surface area contributed by atoms with Crippen molar-refractivity contribution in [1.29, 1.82) is 0 Å². The lowest BCUT2D eigenvalue weighted by molar-refractivity contribution is -0.125. The van der Waals surface area contributed by atoms with Crippen LogP contribution in [0.2, 0.25) is 10.0 Å². The van der Waals surface area contributed by atoms with Crippen LogP contribution < -0.4 is 4.90 Å². The van der Waals surface area contributed by atoms with Gasteiger partial charge in [0.05, 0.1) is 23.4 Å². The van der Waals surface area contributed by atoms with E-state index in [9.17, 15) is 4.79 Å². The van der Waals surface area contributed by atoms with Gasteiger partial charge in [-0.25, -0.2) is 4.98 Å². The van der Waals surface area contributed by atoms with Crippen molar-refractivity contribution in [3.8, 4) is 11.3 Å². The summed E-state index contributed by atoms with van der Waals surface area (Å²) in [6.07, 6.45) is 3.58. The predicted octanol–water partition coefficient (Wildman–Crippen LogP) is 5.06. The van der Waals surface area contributed by atoms with Gasteiger partial charge < -0.3 is 9.47 Å². The summed E-state index contributed by atoms with van der Waals surface area (Å²) in [5, 5.41) is 3.75. The van der Waals surface area contributed by atoms with Gasteiger partial charge in [0, 0.05) is 41.7 Å². The molecule has 2 fully saturated rings. The van der Waals surface area contributed by atoms with Gasteiger partial charge in [0.15, 0.2) is 5.13 Å². The summed E-state index contributed by atoms with van der Waals surface area (Å²) < 4.78 is 11.2. The Balaban J connectivity index is 1.60. The van der Waals surface area contributed by atoms with Gasteiger partial charge in [-0.1, -0.05) is 23.2 Å². The molecule has 2 aliphatic rings. The molecule has 0 N–H and O–H groups in total. The molecule has 0 bridgehead atoms. The molecule has 0 spiro atoms. The van der Waals surface area contributed by atoms with Crippen LogP contribution in [0.15, 0.2) is 23.6 Å². The summed E-state index contributed by atoms with van der Waals surface area (Å²) in [5.74, 6) is 0.0866. The van der Waals surface area contributed by atoms with E-state index in [2.05, 4.69) is 0 Å². The van der Waals surface area contributed by atoms with Crippen LogP contribution in [0.3, 0.4) is 0 Å². The summed E-state index contributed by atoms with van der Waals surface area (Å²) in [4.78, 5) is 19.8. The fourth-order valence-electron chi connectivity index (χ4n) is 3.63. The van der Waals surface area contributed by atoms with E-state index in [4.69, 9.17) is 37.7 Å². The molecule has 3 heterocycles. The Bertz CT molecular complexity index is 833. The summed E-state index contributed by atoms with van der Waals surface area (Å²) in [5.41, 5.74) is 1.56. The lowest BCUT2D eigenvalue weighted by atomic mass is 9.98. The molecule has 8 heteroatoms. The molecule has 1 amide bonds. The third-order valence-electron chi connectivity index (χ3n) is 5.18. The number of halogens is 2. The minimum Gasteiger partial charge on any atom is -0.381 e. The van der Waals surface area contributed by atoms with Gasteiger partial charge in [0.2, 0.25) is 5.91 Å². The normalized spacial score (nSPS) is 20.4. The predicted molar refractivity (Wildman–Crippen MR) is 112 cm³/mol. The Morgan fingerprint density at radius 3 is 2.75 bits per heavy atom. The van der Waals surface area contributed by atoms with Gasteiger partial charge >= 0.3 is 0 Å². The molecule has 28 heavy (non-hydrogen) atoms. The van der Waals surface area contributed by atoms with Gasteiger partial charge in [0.25, 0.3) is 0 Å². The number of carbonyl (C=O) groups excluding carboxylic acids is 1. The molecule has 150 valence electrons. The second-order valence-corrected chi connectivity index (χ2v) is 8.79. The van der Waals surface area contributed by atoms with Crippen LogP contribution in [-0.4, -0.2) is 43.4 Å². The number of rotatable bonds is 5. The van der Waals surface area contributed by atoms with Crippen molar-refractivity contribution in [1.82, 2.24) is 4.98 Å². The molecule has 2 aliphatic heterocycles. The molecule has 0 radical (unpaired) electrons. The van der Waals surface area contributed by atoms with Gasteiger partial charge in [0.1, 0.15) is 0 Å². The monoisotopic (exact) mass is 440 g/mol. The molecular formula is C20H22Cl2N2O3S. The fraction of sp³-hybridized carbons (Fsp3) is 0.500. The number of benzene rings is 1. The first kappa shape index (κ1) is 20.1. The minimum atomic E-state index is -0.0263. The number of nitrogens with zero attached hydrogens (tertiary/aromatic N) is 2. The lowest BCUT2D eigenvalue weighted by Crippen LogP contribution is -2.42. The van der Waals surface area contributed by atoms with Crippen molar-refractivity contribution < 1.29 is 14.3 Å². The van der Waals surface area contributed by atoms with Crippen molar-refractivity contribution in [3.63, 3.8) is 0 Å². The Hall–Kier alpha value is -1.18. The number of hydrogen-bond donors (Lipinski definition) is 0. The van der Waals surface area contributed by atoms with E-state index in [0.29, 0.717) is 34.9 Å². The molecule has 1 aromatic heterocycles. The standard InChI is InChI=1S/C20H22Cl2N2O3S/c21-14-3-4-16(17(22)10-14)18-12-28-20(23-18)24(11-15-2-1-7-27-15)19(25)13-5-8-26-9-6-13/h3-4,10,12-13,15H,1-2,5-9,11H2. The molecular weight excluding hydrogens is 419 g/mol. The van der Waals surface area contributed by atoms with Crippen LogP contribution >= 0.6 is 34.5 Å². The van der Waals surface area contributed by atoms with Crippen molar-refractivity contribution in [2.24, 2.45) is 5.92 Å². The fourth-order valence-corrected chi connectivity index (χ4v) is 4.97. The molecule has 0 aliphatic carbocycles. The highest BCUT2D eigenvalue weighted by Gasteiger charge is 2.31. The number of thiazole rings is 1. The van der Waals surface area contributed by atoms with E-state index in [1.807, 2.05) is 16.3 Å². The Morgan fingerprint density at radius 2 is 2.04 bits per heavy atom. The summed E-state index contributed by atoms with van der Waals surface area (Å²) in [6.45, 7) is 2.56. The first-order valence-corrected chi connectivity index (χ1v) is 11.2. The van der Waals surface area contributed by atoms with Crippen molar-refractivity contribution >= 4 is 45.6 Å². The summed E-state index contributed by atoms with van der Waals surface area (Å²) in [7, 11) is 0. The Kier molecular flexibility index (Phi) is 6.53.